The summed E-state index contributed by atoms with van der Waals surface area (Å²) in [5.74, 6) is 0.438. The van der Waals surface area contributed by atoms with Crippen molar-refractivity contribution in [3.8, 4) is 5.75 Å². The van der Waals surface area contributed by atoms with Crippen molar-refractivity contribution in [2.45, 2.75) is 13.3 Å². The molecule has 0 saturated carbocycles. The van der Waals surface area contributed by atoms with Gasteiger partial charge in [-0.1, -0.05) is 31.2 Å². The van der Waals surface area contributed by atoms with Gasteiger partial charge in [-0.3, -0.25) is 9.69 Å². The fourth-order valence-electron chi connectivity index (χ4n) is 3.00. The Morgan fingerprint density at radius 1 is 1.12 bits per heavy atom. The van der Waals surface area contributed by atoms with Gasteiger partial charge in [0.1, 0.15) is 12.3 Å². The van der Waals surface area contributed by atoms with E-state index in [2.05, 4.69) is 12.2 Å². The molecule has 3 amide bonds. The highest BCUT2D eigenvalue weighted by Gasteiger charge is 2.32. The number of amides is 3. The number of hydrogen-bond donors (Lipinski definition) is 1. The van der Waals surface area contributed by atoms with Gasteiger partial charge in [-0.25, -0.2) is 4.79 Å². The van der Waals surface area contributed by atoms with E-state index in [-0.39, 0.29) is 18.5 Å². The Morgan fingerprint density at radius 2 is 1.85 bits per heavy atom. The average Bonchev–Trinajstić information content (AvgIpc) is 3.02. The minimum atomic E-state index is -0.204. The second kappa shape index (κ2) is 7.91. The highest BCUT2D eigenvalue weighted by atomic mass is 16.5. The number of carbonyl (C=O) groups excluding carboxylic acids is 2. The highest BCUT2D eigenvalue weighted by molar-refractivity contribution is 6.00. The predicted octanol–water partition coefficient (Wildman–Crippen LogP) is 3.14. The van der Waals surface area contributed by atoms with Gasteiger partial charge in [0.25, 0.3) is 0 Å². The van der Waals surface area contributed by atoms with Crippen LogP contribution in [0.4, 0.5) is 16.2 Å². The first-order valence-corrected chi connectivity index (χ1v) is 8.70. The van der Waals surface area contributed by atoms with E-state index >= 15 is 0 Å². The zero-order valence-corrected chi connectivity index (χ0v) is 15.1. The van der Waals surface area contributed by atoms with Crippen LogP contribution in [-0.2, 0) is 11.2 Å². The van der Waals surface area contributed by atoms with E-state index in [1.165, 1.54) is 5.56 Å². The summed E-state index contributed by atoms with van der Waals surface area (Å²) in [5.41, 5.74) is 2.67. The number of nitrogens with zero attached hydrogens (tertiary/aromatic N) is 2. The van der Waals surface area contributed by atoms with Crippen molar-refractivity contribution in [1.29, 1.82) is 0 Å². The summed E-state index contributed by atoms with van der Waals surface area (Å²) >= 11 is 0. The Hall–Kier alpha value is -3.02. The molecule has 0 unspecified atom stereocenters. The van der Waals surface area contributed by atoms with Gasteiger partial charge >= 0.3 is 6.03 Å². The molecule has 6 heteroatoms. The van der Waals surface area contributed by atoms with E-state index in [4.69, 9.17) is 4.74 Å². The first-order valence-electron chi connectivity index (χ1n) is 8.70. The van der Waals surface area contributed by atoms with Crippen molar-refractivity contribution >= 4 is 23.3 Å². The maximum atomic E-state index is 12.7. The van der Waals surface area contributed by atoms with Gasteiger partial charge in [-0.2, -0.15) is 0 Å². The minimum Gasteiger partial charge on any atom is -0.495 e. The fraction of sp³-hybridized carbons (Fsp3) is 0.300. The second-order valence-corrected chi connectivity index (χ2v) is 6.13. The number of rotatable bonds is 6. The van der Waals surface area contributed by atoms with Crippen LogP contribution in [0.3, 0.4) is 0 Å². The molecule has 0 atom stereocenters. The molecule has 1 aliphatic heterocycles. The second-order valence-electron chi connectivity index (χ2n) is 6.13. The number of carbonyl (C=O) groups is 2. The van der Waals surface area contributed by atoms with E-state index in [1.807, 2.05) is 48.5 Å². The molecule has 1 heterocycles. The third-order valence-corrected chi connectivity index (χ3v) is 4.45. The summed E-state index contributed by atoms with van der Waals surface area (Å²) in [6, 6.07) is 14.9. The third kappa shape index (κ3) is 3.79. The van der Waals surface area contributed by atoms with Gasteiger partial charge in [0, 0.05) is 18.8 Å². The Balaban J connectivity index is 1.62. The lowest BCUT2D eigenvalue weighted by Crippen LogP contribution is -2.37. The Kier molecular flexibility index (Phi) is 5.41. The standard InChI is InChI=1S/C20H23N3O3/c1-3-15-8-10-16(11-9-15)21-19(24)14-22-12-13-23(20(22)25)17-6-4-5-7-18(17)26-2/h4-11H,3,12-14H2,1-2H3,(H,21,24). The molecule has 0 aromatic heterocycles. The van der Waals surface area contributed by atoms with Crippen molar-refractivity contribution in [1.82, 2.24) is 4.90 Å². The number of anilines is 2. The lowest BCUT2D eigenvalue weighted by Gasteiger charge is -2.20. The Morgan fingerprint density at radius 3 is 2.54 bits per heavy atom. The zero-order valence-electron chi connectivity index (χ0n) is 15.1. The van der Waals surface area contributed by atoms with Crippen molar-refractivity contribution in [2.75, 3.05) is 37.0 Å². The summed E-state index contributed by atoms with van der Waals surface area (Å²) in [4.78, 5) is 28.1. The summed E-state index contributed by atoms with van der Waals surface area (Å²) in [6.07, 6.45) is 0.954. The summed E-state index contributed by atoms with van der Waals surface area (Å²) in [7, 11) is 1.58. The molecule has 3 rings (SSSR count). The minimum absolute atomic E-state index is 0.0278. The van der Waals surface area contributed by atoms with E-state index in [9.17, 15) is 9.59 Å². The maximum Gasteiger partial charge on any atom is 0.325 e. The van der Waals surface area contributed by atoms with E-state index in [1.54, 1.807) is 16.9 Å². The lowest BCUT2D eigenvalue weighted by atomic mass is 10.1. The molecule has 26 heavy (non-hydrogen) atoms. The van der Waals surface area contributed by atoms with Gasteiger partial charge in [-0.05, 0) is 36.2 Å². The van der Waals surface area contributed by atoms with Gasteiger partial charge in [0.2, 0.25) is 5.91 Å². The Labute approximate surface area is 153 Å². The summed E-state index contributed by atoms with van der Waals surface area (Å²) < 4.78 is 5.33. The smallest absolute Gasteiger partial charge is 0.325 e. The summed E-state index contributed by atoms with van der Waals surface area (Å²) in [6.45, 7) is 3.14. The quantitative estimate of drug-likeness (QED) is 0.868. The van der Waals surface area contributed by atoms with Gasteiger partial charge < -0.3 is 15.0 Å². The Bertz CT molecular complexity index is 789. The van der Waals surface area contributed by atoms with Gasteiger partial charge in [0.05, 0.1) is 12.8 Å². The van der Waals surface area contributed by atoms with E-state index in [0.29, 0.717) is 18.8 Å². The number of nitrogens with one attached hydrogen (secondary N) is 1. The lowest BCUT2D eigenvalue weighted by molar-refractivity contribution is -0.116. The van der Waals surface area contributed by atoms with Crippen molar-refractivity contribution in [3.63, 3.8) is 0 Å². The van der Waals surface area contributed by atoms with E-state index in [0.717, 1.165) is 17.8 Å². The molecule has 136 valence electrons. The molecule has 0 radical (unpaired) electrons. The first kappa shape index (κ1) is 17.8. The SMILES string of the molecule is CCc1ccc(NC(=O)CN2CCN(c3ccccc3OC)C2=O)cc1. The zero-order chi connectivity index (χ0) is 18.5. The van der Waals surface area contributed by atoms with Crippen LogP contribution in [0.5, 0.6) is 5.75 Å². The average molecular weight is 353 g/mol. The molecule has 0 bridgehead atoms. The van der Waals surface area contributed by atoms with Crippen LogP contribution in [-0.4, -0.2) is 43.6 Å². The van der Waals surface area contributed by atoms with Crippen LogP contribution in [0.1, 0.15) is 12.5 Å². The van der Waals surface area contributed by atoms with Crippen LogP contribution in [0.25, 0.3) is 0 Å². The van der Waals surface area contributed by atoms with Crippen LogP contribution >= 0.6 is 0 Å². The molecule has 1 aliphatic rings. The number of para-hydroxylation sites is 2. The molecule has 1 saturated heterocycles. The van der Waals surface area contributed by atoms with Gasteiger partial charge in [-0.15, -0.1) is 0 Å². The number of urea groups is 1. The molecule has 2 aromatic carbocycles. The molecule has 0 spiro atoms. The van der Waals surface area contributed by atoms with Crippen LogP contribution in [0.15, 0.2) is 48.5 Å². The normalized spacial score (nSPS) is 13.8. The highest BCUT2D eigenvalue weighted by Crippen LogP contribution is 2.30. The maximum absolute atomic E-state index is 12.7. The number of ether oxygens (including phenoxy) is 1. The predicted molar refractivity (Wildman–Crippen MR) is 102 cm³/mol. The number of aryl methyl sites for hydroxylation is 1. The van der Waals surface area contributed by atoms with Crippen LogP contribution < -0.4 is 15.0 Å². The molecule has 6 nitrogen and oxygen atoms in total. The van der Waals surface area contributed by atoms with Crippen molar-refractivity contribution in [2.24, 2.45) is 0 Å². The van der Waals surface area contributed by atoms with Crippen molar-refractivity contribution < 1.29 is 14.3 Å². The molecule has 2 aromatic rings. The number of methoxy groups -OCH3 is 1. The fourth-order valence-corrected chi connectivity index (χ4v) is 3.00. The molecule has 1 N–H and O–H groups in total. The number of benzene rings is 2. The largest absolute Gasteiger partial charge is 0.495 e. The molecule has 1 fully saturated rings. The number of hydrogen-bond acceptors (Lipinski definition) is 3. The topological polar surface area (TPSA) is 61.9 Å². The third-order valence-electron chi connectivity index (χ3n) is 4.45. The van der Waals surface area contributed by atoms with E-state index < -0.39 is 0 Å². The van der Waals surface area contributed by atoms with Gasteiger partial charge in [0.15, 0.2) is 0 Å². The molecule has 0 aliphatic carbocycles. The first-order chi connectivity index (χ1) is 12.6. The molecular weight excluding hydrogens is 330 g/mol. The monoisotopic (exact) mass is 353 g/mol. The molecular formula is C20H23N3O3. The summed E-state index contributed by atoms with van der Waals surface area (Å²) in [5, 5.41) is 2.84. The van der Waals surface area contributed by atoms with Crippen LogP contribution in [0.2, 0.25) is 0 Å². The van der Waals surface area contributed by atoms with Crippen molar-refractivity contribution in [3.05, 3.63) is 54.1 Å². The van der Waals surface area contributed by atoms with Crippen LogP contribution in [0, 0.1) is 0 Å².